The zero-order valence-corrected chi connectivity index (χ0v) is 15.7. The van der Waals surface area contributed by atoms with Crippen LogP contribution in [0.2, 0.25) is 5.02 Å². The van der Waals surface area contributed by atoms with E-state index in [4.69, 9.17) is 16.3 Å². The van der Waals surface area contributed by atoms with Crippen molar-refractivity contribution < 1.29 is 19.1 Å². The first-order valence-corrected chi connectivity index (χ1v) is 8.94. The number of ether oxygens (including phenoxy) is 1. The Kier molecular flexibility index (Phi) is 7.82. The number of hydrogen-bond donors (Lipinski definition) is 2. The lowest BCUT2D eigenvalue weighted by atomic mass is 10.1. The van der Waals surface area contributed by atoms with E-state index in [2.05, 4.69) is 10.6 Å². The summed E-state index contributed by atoms with van der Waals surface area (Å²) in [5.74, 6) is -1.36. The van der Waals surface area contributed by atoms with Gasteiger partial charge in [0.2, 0.25) is 5.91 Å². The second-order valence-electron chi connectivity index (χ2n) is 5.77. The number of halogens is 1. The van der Waals surface area contributed by atoms with Gasteiger partial charge in [-0.3, -0.25) is 14.4 Å². The molecule has 0 atom stereocenters. The molecule has 0 aliphatic carbocycles. The first kappa shape index (κ1) is 20.5. The lowest BCUT2D eigenvalue weighted by Crippen LogP contribution is -2.22. The smallest absolute Gasteiger partial charge is 0.306 e. The number of carbonyl (C=O) groups is 3. The van der Waals surface area contributed by atoms with Crippen molar-refractivity contribution in [3.05, 3.63) is 59.1 Å². The number of carbonyl (C=O) groups excluding carboxylic acids is 3. The normalized spacial score (nSPS) is 10.1. The van der Waals surface area contributed by atoms with Crippen LogP contribution >= 0.6 is 11.6 Å². The molecule has 0 fully saturated rings. The van der Waals surface area contributed by atoms with Crippen molar-refractivity contribution >= 4 is 40.8 Å². The molecule has 0 radical (unpaired) electrons. The van der Waals surface area contributed by atoms with E-state index in [0.717, 1.165) is 12.0 Å². The fourth-order valence-corrected chi connectivity index (χ4v) is 2.45. The molecule has 6 nitrogen and oxygen atoms in total. The molecule has 27 heavy (non-hydrogen) atoms. The topological polar surface area (TPSA) is 84.5 Å². The van der Waals surface area contributed by atoms with Crippen LogP contribution in [0, 0.1) is 0 Å². The Morgan fingerprint density at radius 1 is 0.926 bits per heavy atom. The third-order valence-corrected chi connectivity index (χ3v) is 3.97. The van der Waals surface area contributed by atoms with Gasteiger partial charge in [-0.2, -0.15) is 0 Å². The van der Waals surface area contributed by atoms with Gasteiger partial charge in [0.05, 0.1) is 6.42 Å². The van der Waals surface area contributed by atoms with E-state index in [9.17, 15) is 14.4 Å². The summed E-state index contributed by atoms with van der Waals surface area (Å²) in [6, 6.07) is 14.1. The molecule has 0 unspecified atom stereocenters. The van der Waals surface area contributed by atoms with Gasteiger partial charge in [-0.15, -0.1) is 0 Å². The van der Waals surface area contributed by atoms with Gasteiger partial charge in [0.1, 0.15) is 0 Å². The molecule has 0 saturated heterocycles. The highest BCUT2D eigenvalue weighted by molar-refractivity contribution is 6.30. The molecule has 0 aliphatic heterocycles. The largest absolute Gasteiger partial charge is 0.456 e. The number of rotatable bonds is 8. The first-order chi connectivity index (χ1) is 13.0. The van der Waals surface area contributed by atoms with Gasteiger partial charge >= 0.3 is 5.97 Å². The lowest BCUT2D eigenvalue weighted by Gasteiger charge is -2.10. The number of hydrogen-bond acceptors (Lipinski definition) is 4. The zero-order valence-electron chi connectivity index (χ0n) is 15.0. The van der Waals surface area contributed by atoms with Crippen molar-refractivity contribution in [1.29, 1.82) is 0 Å². The summed E-state index contributed by atoms with van der Waals surface area (Å²) < 4.78 is 4.92. The van der Waals surface area contributed by atoms with Gasteiger partial charge in [0.25, 0.3) is 5.91 Å². The molecular weight excluding hydrogens is 368 g/mol. The maximum atomic E-state index is 11.9. The highest BCUT2D eigenvalue weighted by Gasteiger charge is 2.12. The lowest BCUT2D eigenvalue weighted by molar-refractivity contribution is -0.147. The molecule has 7 heteroatoms. The maximum absolute atomic E-state index is 11.9. The SMILES string of the molecule is CCc1ccccc1NC(=O)COC(=O)CCC(=O)Nc1ccc(Cl)cc1. The van der Waals surface area contributed by atoms with Gasteiger partial charge in [-0.05, 0) is 42.3 Å². The van der Waals surface area contributed by atoms with Gasteiger partial charge in [0.15, 0.2) is 6.61 Å². The molecular formula is C20H21ClN2O4. The van der Waals surface area contributed by atoms with Gasteiger partial charge in [-0.1, -0.05) is 36.7 Å². The van der Waals surface area contributed by atoms with E-state index in [1.54, 1.807) is 30.3 Å². The van der Waals surface area contributed by atoms with Gasteiger partial charge in [-0.25, -0.2) is 0 Å². The Balaban J connectivity index is 1.70. The first-order valence-electron chi connectivity index (χ1n) is 8.56. The third kappa shape index (κ3) is 7.11. The average Bonchev–Trinajstić information content (AvgIpc) is 2.67. The molecule has 142 valence electrons. The van der Waals surface area contributed by atoms with E-state index >= 15 is 0 Å². The highest BCUT2D eigenvalue weighted by Crippen LogP contribution is 2.15. The minimum atomic E-state index is -0.611. The summed E-state index contributed by atoms with van der Waals surface area (Å²) in [4.78, 5) is 35.5. The van der Waals surface area contributed by atoms with Crippen molar-refractivity contribution in [2.24, 2.45) is 0 Å². The summed E-state index contributed by atoms with van der Waals surface area (Å²) in [5.41, 5.74) is 2.28. The van der Waals surface area contributed by atoms with E-state index < -0.39 is 18.5 Å². The number of esters is 1. The molecule has 0 aromatic heterocycles. The van der Waals surface area contributed by atoms with Crippen molar-refractivity contribution in [2.75, 3.05) is 17.2 Å². The quantitative estimate of drug-likeness (QED) is 0.673. The molecule has 2 rings (SSSR count). The van der Waals surface area contributed by atoms with Crippen molar-refractivity contribution in [1.82, 2.24) is 0 Å². The monoisotopic (exact) mass is 388 g/mol. The fourth-order valence-electron chi connectivity index (χ4n) is 2.33. The molecule has 2 aromatic rings. The van der Waals surface area contributed by atoms with Crippen molar-refractivity contribution in [3.8, 4) is 0 Å². The van der Waals surface area contributed by atoms with Crippen LogP contribution in [0.4, 0.5) is 11.4 Å². The third-order valence-electron chi connectivity index (χ3n) is 3.72. The van der Waals surface area contributed by atoms with Crippen LogP contribution < -0.4 is 10.6 Å². The van der Waals surface area contributed by atoms with Crippen LogP contribution in [0.25, 0.3) is 0 Å². The van der Waals surface area contributed by atoms with Crippen LogP contribution in [0.15, 0.2) is 48.5 Å². The van der Waals surface area contributed by atoms with Gasteiger partial charge in [0, 0.05) is 22.8 Å². The predicted octanol–water partition coefficient (Wildman–Crippen LogP) is 3.80. The fraction of sp³-hybridized carbons (Fsp3) is 0.250. The zero-order chi connectivity index (χ0) is 19.6. The van der Waals surface area contributed by atoms with Crippen LogP contribution in [0.1, 0.15) is 25.3 Å². The number of anilines is 2. The van der Waals surface area contributed by atoms with E-state index in [1.165, 1.54) is 0 Å². The minimum absolute atomic E-state index is 0.0399. The number of nitrogens with one attached hydrogen (secondary N) is 2. The Labute approximate surface area is 162 Å². The number of benzene rings is 2. The van der Waals surface area contributed by atoms with Crippen LogP contribution in [0.3, 0.4) is 0 Å². The van der Waals surface area contributed by atoms with Gasteiger partial charge < -0.3 is 15.4 Å². The molecule has 0 heterocycles. The second kappa shape index (κ2) is 10.3. The Hall–Kier alpha value is -2.86. The number of aryl methyl sites for hydroxylation is 1. The van der Waals surface area contributed by atoms with Crippen LogP contribution in [0.5, 0.6) is 0 Å². The summed E-state index contributed by atoms with van der Waals surface area (Å²) in [7, 11) is 0. The highest BCUT2D eigenvalue weighted by atomic mass is 35.5. The molecule has 0 spiro atoms. The summed E-state index contributed by atoms with van der Waals surface area (Å²) in [6.07, 6.45) is 0.624. The second-order valence-corrected chi connectivity index (χ2v) is 6.21. The number of amides is 2. The molecule has 0 saturated carbocycles. The molecule has 0 bridgehead atoms. The average molecular weight is 389 g/mol. The van der Waals surface area contributed by atoms with Crippen molar-refractivity contribution in [2.45, 2.75) is 26.2 Å². The molecule has 2 aromatic carbocycles. The summed E-state index contributed by atoms with van der Waals surface area (Å²) >= 11 is 5.77. The maximum Gasteiger partial charge on any atom is 0.306 e. The Morgan fingerprint density at radius 3 is 2.33 bits per heavy atom. The molecule has 0 aliphatic rings. The van der Waals surface area contributed by atoms with Crippen LogP contribution in [-0.4, -0.2) is 24.4 Å². The van der Waals surface area contributed by atoms with Crippen LogP contribution in [-0.2, 0) is 25.5 Å². The minimum Gasteiger partial charge on any atom is -0.456 e. The van der Waals surface area contributed by atoms with Crippen molar-refractivity contribution in [3.63, 3.8) is 0 Å². The van der Waals surface area contributed by atoms with E-state index in [-0.39, 0.29) is 18.7 Å². The van der Waals surface area contributed by atoms with E-state index in [0.29, 0.717) is 16.4 Å². The standard InChI is InChI=1S/C20H21ClN2O4/c1-2-14-5-3-4-6-17(14)23-19(25)13-27-20(26)12-11-18(24)22-16-9-7-15(21)8-10-16/h3-10H,2,11-13H2,1H3,(H,22,24)(H,23,25). The Morgan fingerprint density at radius 2 is 1.63 bits per heavy atom. The molecule has 2 amide bonds. The predicted molar refractivity (Wildman–Crippen MR) is 105 cm³/mol. The summed E-state index contributed by atoms with van der Waals surface area (Å²) in [5, 5.41) is 5.93. The Bertz CT molecular complexity index is 806. The number of para-hydroxylation sites is 1. The molecule has 2 N–H and O–H groups in total. The summed E-state index contributed by atoms with van der Waals surface area (Å²) in [6.45, 7) is 1.59. The van der Waals surface area contributed by atoms with E-state index in [1.807, 2.05) is 25.1 Å².